The molecule has 1 heterocycles. The Hall–Kier alpha value is -0.660. The van der Waals surface area contributed by atoms with E-state index in [-0.39, 0.29) is 5.75 Å². The number of hydrogen-bond donors (Lipinski definition) is 2. The van der Waals surface area contributed by atoms with Gasteiger partial charge < -0.3 is 10.2 Å². The Balaban J connectivity index is 2.52. The van der Waals surface area contributed by atoms with Crippen molar-refractivity contribution in [3.8, 4) is 0 Å². The fraction of sp³-hybridized carbons (Fsp3) is 0.571. The van der Waals surface area contributed by atoms with Gasteiger partial charge in [0.2, 0.25) is 0 Å². The average Bonchev–Trinajstić information content (AvgIpc) is 2.48. The number of carbonyl (C=O) groups is 1. The van der Waals surface area contributed by atoms with E-state index in [1.165, 1.54) is 30.0 Å². The van der Waals surface area contributed by atoms with Gasteiger partial charge >= 0.3 is 5.97 Å². The predicted molar refractivity (Wildman–Crippen MR) is 53.6 cm³/mol. The minimum atomic E-state index is -1.72. The van der Waals surface area contributed by atoms with E-state index in [9.17, 15) is 9.90 Å². The first kappa shape index (κ1) is 11.4. The Bertz CT molecular complexity index is 337. The number of aryl methyl sites for hydroxylation is 1. The van der Waals surface area contributed by atoms with Crippen LogP contribution in [0.1, 0.15) is 11.9 Å². The van der Waals surface area contributed by atoms with E-state index in [1.54, 1.807) is 0 Å². The zero-order valence-electron chi connectivity index (χ0n) is 7.72. The number of rotatable bonds is 4. The number of carboxylic acids is 1. The van der Waals surface area contributed by atoms with Gasteiger partial charge in [-0.05, 0) is 13.8 Å². The van der Waals surface area contributed by atoms with Gasteiger partial charge in [-0.3, -0.25) is 0 Å². The number of thioether (sulfide) groups is 1. The summed E-state index contributed by atoms with van der Waals surface area (Å²) in [7, 11) is 0. The van der Waals surface area contributed by atoms with Gasteiger partial charge in [-0.1, -0.05) is 23.1 Å². The molecule has 2 N–H and O–H groups in total. The van der Waals surface area contributed by atoms with E-state index >= 15 is 0 Å². The molecule has 0 fully saturated rings. The van der Waals surface area contributed by atoms with Gasteiger partial charge in [0.05, 0.1) is 0 Å². The second-order valence-corrected chi connectivity index (χ2v) is 5.36. The first-order valence-corrected chi connectivity index (χ1v) is 5.61. The van der Waals surface area contributed by atoms with Gasteiger partial charge in [-0.15, -0.1) is 10.2 Å². The molecule has 0 bridgehead atoms. The highest BCUT2D eigenvalue weighted by Crippen LogP contribution is 2.25. The molecule has 0 amide bonds. The maximum absolute atomic E-state index is 10.6. The number of nitrogens with zero attached hydrogens (tertiary/aromatic N) is 2. The fourth-order valence-electron chi connectivity index (χ4n) is 0.601. The van der Waals surface area contributed by atoms with Crippen molar-refractivity contribution in [2.45, 2.75) is 23.8 Å². The van der Waals surface area contributed by atoms with Crippen molar-refractivity contribution < 1.29 is 15.0 Å². The lowest BCUT2D eigenvalue weighted by Gasteiger charge is -2.15. The Morgan fingerprint density at radius 1 is 1.64 bits per heavy atom. The molecule has 0 saturated heterocycles. The van der Waals surface area contributed by atoms with Crippen LogP contribution >= 0.6 is 23.1 Å². The Labute approximate surface area is 89.2 Å². The van der Waals surface area contributed by atoms with E-state index in [1.807, 2.05) is 6.92 Å². The molecule has 0 saturated carbocycles. The van der Waals surface area contributed by atoms with Crippen LogP contribution < -0.4 is 0 Å². The minimum absolute atomic E-state index is 0.0664. The lowest BCUT2D eigenvalue weighted by atomic mass is 10.1. The van der Waals surface area contributed by atoms with Crippen LogP contribution in [-0.2, 0) is 4.79 Å². The Kier molecular flexibility index (Phi) is 3.46. The summed E-state index contributed by atoms with van der Waals surface area (Å²) in [5.74, 6) is -1.16. The summed E-state index contributed by atoms with van der Waals surface area (Å²) in [6.07, 6.45) is 0. The van der Waals surface area contributed by atoms with E-state index in [0.29, 0.717) is 4.34 Å². The predicted octanol–water partition coefficient (Wildman–Crippen LogP) is 0.774. The van der Waals surface area contributed by atoms with Crippen molar-refractivity contribution in [1.29, 1.82) is 0 Å². The van der Waals surface area contributed by atoms with Crippen LogP contribution in [0, 0.1) is 6.92 Å². The maximum Gasteiger partial charge on any atom is 0.336 e. The average molecular weight is 234 g/mol. The van der Waals surface area contributed by atoms with Crippen molar-refractivity contribution in [2.24, 2.45) is 0 Å². The summed E-state index contributed by atoms with van der Waals surface area (Å²) in [4.78, 5) is 10.6. The largest absolute Gasteiger partial charge is 0.479 e. The lowest BCUT2D eigenvalue weighted by molar-refractivity contribution is -0.154. The molecule has 5 nitrogen and oxygen atoms in total. The molecule has 14 heavy (non-hydrogen) atoms. The van der Waals surface area contributed by atoms with E-state index in [2.05, 4.69) is 10.2 Å². The first-order valence-electron chi connectivity index (χ1n) is 3.80. The molecule has 1 atom stereocenters. The van der Waals surface area contributed by atoms with Gasteiger partial charge in [0.25, 0.3) is 0 Å². The van der Waals surface area contributed by atoms with Crippen LogP contribution in [0.25, 0.3) is 0 Å². The monoisotopic (exact) mass is 234 g/mol. The minimum Gasteiger partial charge on any atom is -0.479 e. The SMILES string of the molecule is Cc1nnc(SCC(C)(O)C(=O)O)s1. The fourth-order valence-corrected chi connectivity index (χ4v) is 2.42. The number of hydrogen-bond acceptors (Lipinski definition) is 6. The third kappa shape index (κ3) is 2.93. The van der Waals surface area contributed by atoms with Crippen molar-refractivity contribution in [1.82, 2.24) is 10.2 Å². The molecule has 1 rings (SSSR count). The van der Waals surface area contributed by atoms with Crippen molar-refractivity contribution >= 4 is 29.1 Å². The molecule has 1 unspecified atom stereocenters. The summed E-state index contributed by atoms with van der Waals surface area (Å²) < 4.78 is 0.670. The summed E-state index contributed by atoms with van der Waals surface area (Å²) in [5.41, 5.74) is -1.72. The van der Waals surface area contributed by atoms with Crippen molar-refractivity contribution in [2.75, 3.05) is 5.75 Å². The molecule has 0 aliphatic carbocycles. The summed E-state index contributed by atoms with van der Waals surface area (Å²) in [5, 5.41) is 26.4. The molecule has 1 aromatic heterocycles. The summed E-state index contributed by atoms with van der Waals surface area (Å²) >= 11 is 2.57. The number of aromatic nitrogens is 2. The molecular weight excluding hydrogens is 224 g/mol. The quantitative estimate of drug-likeness (QED) is 0.749. The topological polar surface area (TPSA) is 83.3 Å². The molecule has 0 aromatic carbocycles. The molecule has 1 aromatic rings. The smallest absolute Gasteiger partial charge is 0.336 e. The zero-order chi connectivity index (χ0) is 10.8. The van der Waals surface area contributed by atoms with Crippen LogP contribution in [0.5, 0.6) is 0 Å². The standard InChI is InChI=1S/C7H10N2O3S2/c1-4-8-9-6(14-4)13-3-7(2,12)5(10)11/h12H,3H2,1-2H3,(H,10,11). The van der Waals surface area contributed by atoms with Crippen LogP contribution in [-0.4, -0.2) is 37.7 Å². The highest BCUT2D eigenvalue weighted by molar-refractivity contribution is 8.01. The van der Waals surface area contributed by atoms with Gasteiger partial charge in [0.1, 0.15) is 5.01 Å². The van der Waals surface area contributed by atoms with Crippen molar-refractivity contribution in [3.63, 3.8) is 0 Å². The number of aliphatic carboxylic acids is 1. The van der Waals surface area contributed by atoms with E-state index in [0.717, 1.165) is 5.01 Å². The molecule has 0 aliphatic rings. The molecule has 0 aliphatic heterocycles. The third-order valence-electron chi connectivity index (χ3n) is 1.44. The van der Waals surface area contributed by atoms with Gasteiger partial charge in [0, 0.05) is 5.75 Å². The lowest BCUT2D eigenvalue weighted by Crippen LogP contribution is -2.37. The zero-order valence-corrected chi connectivity index (χ0v) is 9.35. The summed E-state index contributed by atoms with van der Waals surface area (Å²) in [6, 6.07) is 0. The molecular formula is C7H10N2O3S2. The Morgan fingerprint density at radius 2 is 2.29 bits per heavy atom. The van der Waals surface area contributed by atoms with Gasteiger partial charge in [-0.25, -0.2) is 4.79 Å². The first-order chi connectivity index (χ1) is 6.42. The molecule has 78 valence electrons. The van der Waals surface area contributed by atoms with Crippen LogP contribution in [0.2, 0.25) is 0 Å². The second-order valence-electron chi connectivity index (χ2n) is 2.95. The van der Waals surface area contributed by atoms with Crippen molar-refractivity contribution in [3.05, 3.63) is 5.01 Å². The number of aliphatic hydroxyl groups is 1. The van der Waals surface area contributed by atoms with Crippen LogP contribution in [0.4, 0.5) is 0 Å². The second kappa shape index (κ2) is 4.24. The highest BCUT2D eigenvalue weighted by Gasteiger charge is 2.30. The van der Waals surface area contributed by atoms with Crippen LogP contribution in [0.15, 0.2) is 4.34 Å². The highest BCUT2D eigenvalue weighted by atomic mass is 32.2. The van der Waals surface area contributed by atoms with E-state index < -0.39 is 11.6 Å². The third-order valence-corrected chi connectivity index (χ3v) is 3.72. The molecule has 7 heteroatoms. The number of carboxylic acid groups (broad SMARTS) is 1. The van der Waals surface area contributed by atoms with Crippen LogP contribution in [0.3, 0.4) is 0 Å². The Morgan fingerprint density at radius 3 is 2.71 bits per heavy atom. The van der Waals surface area contributed by atoms with Gasteiger partial charge in [0.15, 0.2) is 9.94 Å². The normalized spacial score (nSPS) is 15.1. The van der Waals surface area contributed by atoms with Gasteiger partial charge in [-0.2, -0.15) is 0 Å². The molecule has 0 spiro atoms. The summed E-state index contributed by atoms with van der Waals surface area (Å²) in [6.45, 7) is 3.08. The maximum atomic E-state index is 10.6. The molecule has 0 radical (unpaired) electrons. The van der Waals surface area contributed by atoms with E-state index in [4.69, 9.17) is 5.11 Å².